The number of hydrogen-bond donors (Lipinski definition) is 2. The summed E-state index contributed by atoms with van der Waals surface area (Å²) in [7, 11) is 0. The first kappa shape index (κ1) is 25.7. The standard InChI is InChI=1S/C34H27ClN2O3/c1-34(20-22-9-10-24-6-2-3-7-26(24)17-22)33(40)37(21-23-5-4-8-29(39)18-23)31-16-13-27(35)19-30(31)32(36-34)25-11-14-28(38)15-12-25/h2-19,38-39H,20-21H2,1H3. The topological polar surface area (TPSA) is 73.1 Å². The summed E-state index contributed by atoms with van der Waals surface area (Å²) in [5, 5.41) is 22.8. The Morgan fingerprint density at radius 1 is 0.775 bits per heavy atom. The number of aromatic hydroxyl groups is 2. The summed E-state index contributed by atoms with van der Waals surface area (Å²) in [5.41, 5.74) is 3.38. The SMILES string of the molecule is CC1(Cc2ccc3ccccc3c2)N=C(c2ccc(O)cc2)c2cc(Cl)ccc2N(Cc2cccc(O)c2)C1=O. The molecule has 0 aromatic heterocycles. The first-order valence-corrected chi connectivity index (χ1v) is 13.4. The lowest BCUT2D eigenvalue weighted by Gasteiger charge is -2.31. The molecular formula is C34H27ClN2O3. The highest BCUT2D eigenvalue weighted by Crippen LogP contribution is 2.37. The molecule has 198 valence electrons. The number of benzene rings is 5. The van der Waals surface area contributed by atoms with Crippen LogP contribution in [0.2, 0.25) is 5.02 Å². The molecule has 0 aliphatic carbocycles. The number of carbonyl (C=O) groups excluding carboxylic acids is 1. The molecular weight excluding hydrogens is 520 g/mol. The number of hydrogen-bond acceptors (Lipinski definition) is 4. The number of anilines is 1. The molecule has 40 heavy (non-hydrogen) atoms. The molecule has 0 bridgehead atoms. The third kappa shape index (κ3) is 4.92. The maximum absolute atomic E-state index is 14.6. The van der Waals surface area contributed by atoms with Gasteiger partial charge in [-0.15, -0.1) is 0 Å². The third-order valence-corrected chi connectivity index (χ3v) is 7.56. The average Bonchev–Trinajstić information content (AvgIpc) is 3.02. The molecule has 1 atom stereocenters. The minimum absolute atomic E-state index is 0.135. The molecule has 0 spiro atoms. The van der Waals surface area contributed by atoms with Gasteiger partial charge in [0.15, 0.2) is 0 Å². The molecule has 0 saturated carbocycles. The third-order valence-electron chi connectivity index (χ3n) is 7.32. The van der Waals surface area contributed by atoms with Crippen LogP contribution in [0.5, 0.6) is 11.5 Å². The van der Waals surface area contributed by atoms with E-state index < -0.39 is 5.54 Å². The smallest absolute Gasteiger partial charge is 0.255 e. The van der Waals surface area contributed by atoms with Gasteiger partial charge in [0, 0.05) is 22.6 Å². The number of rotatable bonds is 5. The first-order valence-electron chi connectivity index (χ1n) is 13.1. The van der Waals surface area contributed by atoms with Crippen LogP contribution >= 0.6 is 11.6 Å². The van der Waals surface area contributed by atoms with Gasteiger partial charge in [-0.25, -0.2) is 0 Å². The lowest BCUT2D eigenvalue weighted by molar-refractivity contribution is -0.123. The minimum atomic E-state index is -1.17. The molecule has 5 aromatic carbocycles. The number of nitrogens with zero attached hydrogens (tertiary/aromatic N) is 2. The van der Waals surface area contributed by atoms with Crippen LogP contribution in [0.3, 0.4) is 0 Å². The van der Waals surface area contributed by atoms with E-state index in [4.69, 9.17) is 16.6 Å². The number of amides is 1. The van der Waals surface area contributed by atoms with Gasteiger partial charge in [0.2, 0.25) is 0 Å². The van der Waals surface area contributed by atoms with Crippen LogP contribution < -0.4 is 4.90 Å². The zero-order valence-electron chi connectivity index (χ0n) is 21.9. The van der Waals surface area contributed by atoms with E-state index in [2.05, 4.69) is 24.3 Å². The van der Waals surface area contributed by atoms with Crippen molar-refractivity contribution in [1.29, 1.82) is 0 Å². The largest absolute Gasteiger partial charge is 0.508 e. The number of phenols is 2. The number of benzodiazepines with no additional fused rings is 1. The summed E-state index contributed by atoms with van der Waals surface area (Å²) < 4.78 is 0. The van der Waals surface area contributed by atoms with Crippen molar-refractivity contribution in [2.45, 2.75) is 25.4 Å². The fourth-order valence-corrected chi connectivity index (χ4v) is 5.56. The summed E-state index contributed by atoms with van der Waals surface area (Å²) in [6.45, 7) is 2.11. The Kier molecular flexibility index (Phi) is 6.53. The van der Waals surface area contributed by atoms with Crippen LogP contribution in [0, 0.1) is 0 Å². The number of fused-ring (bicyclic) bond motifs is 2. The lowest BCUT2D eigenvalue weighted by atomic mass is 9.90. The Balaban J connectivity index is 1.54. The first-order chi connectivity index (χ1) is 19.3. The van der Waals surface area contributed by atoms with E-state index in [0.717, 1.165) is 27.5 Å². The Hall–Kier alpha value is -4.61. The van der Waals surface area contributed by atoms with Crippen molar-refractivity contribution in [3.05, 3.63) is 136 Å². The summed E-state index contributed by atoms with van der Waals surface area (Å²) >= 11 is 6.50. The second kappa shape index (κ2) is 10.2. The lowest BCUT2D eigenvalue weighted by Crippen LogP contribution is -2.46. The normalized spacial score (nSPS) is 16.9. The molecule has 6 rings (SSSR count). The van der Waals surface area contributed by atoms with Gasteiger partial charge in [0.25, 0.3) is 5.91 Å². The second-order valence-electron chi connectivity index (χ2n) is 10.4. The molecule has 1 unspecified atom stereocenters. The molecule has 1 aliphatic rings. The van der Waals surface area contributed by atoms with Gasteiger partial charge < -0.3 is 15.1 Å². The quantitative estimate of drug-likeness (QED) is 0.243. The van der Waals surface area contributed by atoms with Crippen LogP contribution in [-0.2, 0) is 17.8 Å². The number of halogens is 1. The fraction of sp³-hybridized carbons (Fsp3) is 0.118. The molecule has 0 saturated heterocycles. The van der Waals surface area contributed by atoms with Gasteiger partial charge in [-0.3, -0.25) is 9.79 Å². The highest BCUT2D eigenvalue weighted by Gasteiger charge is 2.41. The van der Waals surface area contributed by atoms with E-state index >= 15 is 0 Å². The molecule has 1 heterocycles. The molecule has 6 heteroatoms. The molecule has 0 radical (unpaired) electrons. The minimum Gasteiger partial charge on any atom is -0.508 e. The van der Waals surface area contributed by atoms with Crippen molar-refractivity contribution < 1.29 is 15.0 Å². The van der Waals surface area contributed by atoms with Crippen LogP contribution in [0.4, 0.5) is 5.69 Å². The number of aliphatic imine (C=N–C) groups is 1. The predicted molar refractivity (Wildman–Crippen MR) is 161 cm³/mol. The van der Waals surface area contributed by atoms with Crippen molar-refractivity contribution in [1.82, 2.24) is 0 Å². The summed E-state index contributed by atoms with van der Waals surface area (Å²) in [4.78, 5) is 21.5. The second-order valence-corrected chi connectivity index (χ2v) is 10.8. The van der Waals surface area contributed by atoms with Gasteiger partial charge >= 0.3 is 0 Å². The Morgan fingerprint density at radius 3 is 2.33 bits per heavy atom. The maximum Gasteiger partial charge on any atom is 0.255 e. The van der Waals surface area contributed by atoms with Gasteiger partial charge in [0.05, 0.1) is 17.9 Å². The summed E-state index contributed by atoms with van der Waals surface area (Å²) in [6, 6.07) is 33.5. The Bertz CT molecular complexity index is 1780. The van der Waals surface area contributed by atoms with E-state index in [1.54, 1.807) is 53.4 Å². The highest BCUT2D eigenvalue weighted by atomic mass is 35.5. The van der Waals surface area contributed by atoms with Gasteiger partial charge in [-0.05, 0) is 83.4 Å². The highest BCUT2D eigenvalue weighted by molar-refractivity contribution is 6.32. The monoisotopic (exact) mass is 546 g/mol. The van der Waals surface area contributed by atoms with Crippen molar-refractivity contribution in [2.24, 2.45) is 4.99 Å². The molecule has 1 amide bonds. The molecule has 2 N–H and O–H groups in total. The number of carbonyl (C=O) groups is 1. The van der Waals surface area contributed by atoms with Crippen molar-refractivity contribution in [3.8, 4) is 11.5 Å². The van der Waals surface area contributed by atoms with Crippen LogP contribution in [0.25, 0.3) is 10.8 Å². The van der Waals surface area contributed by atoms with Gasteiger partial charge in [-0.2, -0.15) is 0 Å². The Morgan fingerprint density at radius 2 is 1.55 bits per heavy atom. The predicted octanol–water partition coefficient (Wildman–Crippen LogP) is 7.29. The van der Waals surface area contributed by atoms with E-state index in [-0.39, 0.29) is 24.0 Å². The molecule has 0 fully saturated rings. The number of phenolic OH excluding ortho intramolecular Hbond substituents is 2. The van der Waals surface area contributed by atoms with Gasteiger partial charge in [0.1, 0.15) is 17.0 Å². The van der Waals surface area contributed by atoms with Crippen molar-refractivity contribution in [2.75, 3.05) is 4.90 Å². The summed E-state index contributed by atoms with van der Waals surface area (Å²) in [6.07, 6.45) is 0.372. The Labute approximate surface area is 237 Å². The molecule has 1 aliphatic heterocycles. The van der Waals surface area contributed by atoms with Crippen molar-refractivity contribution >= 4 is 39.7 Å². The summed E-state index contributed by atoms with van der Waals surface area (Å²) in [5.74, 6) is 0.113. The van der Waals surface area contributed by atoms with E-state index in [9.17, 15) is 15.0 Å². The zero-order valence-corrected chi connectivity index (χ0v) is 22.6. The van der Waals surface area contributed by atoms with Crippen LogP contribution in [0.15, 0.2) is 114 Å². The maximum atomic E-state index is 14.6. The van der Waals surface area contributed by atoms with E-state index in [1.165, 1.54) is 0 Å². The fourth-order valence-electron chi connectivity index (χ4n) is 5.38. The molecule has 5 aromatic rings. The van der Waals surface area contributed by atoms with E-state index in [1.807, 2.05) is 43.3 Å². The zero-order chi connectivity index (χ0) is 27.9. The van der Waals surface area contributed by atoms with E-state index in [0.29, 0.717) is 28.4 Å². The van der Waals surface area contributed by atoms with Crippen LogP contribution in [-0.4, -0.2) is 27.4 Å². The molecule has 5 nitrogen and oxygen atoms in total. The average molecular weight is 547 g/mol. The van der Waals surface area contributed by atoms with Crippen LogP contribution in [0.1, 0.15) is 29.2 Å². The van der Waals surface area contributed by atoms with Gasteiger partial charge in [-0.1, -0.05) is 66.2 Å². The van der Waals surface area contributed by atoms with Crippen molar-refractivity contribution in [3.63, 3.8) is 0 Å².